The zero-order chi connectivity index (χ0) is 19.0. The minimum absolute atomic E-state index is 0.115. The van der Waals surface area contributed by atoms with E-state index in [9.17, 15) is 9.90 Å². The summed E-state index contributed by atoms with van der Waals surface area (Å²) in [5.74, 6) is -0.101. The van der Waals surface area contributed by atoms with E-state index >= 15 is 0 Å². The van der Waals surface area contributed by atoms with E-state index < -0.39 is 5.91 Å². The molecule has 4 aromatic rings. The maximum atomic E-state index is 12.6. The third-order valence-electron chi connectivity index (χ3n) is 3.64. The number of nitrogens with one attached hydrogen (secondary N) is 2. The SMILES string of the molecule is CNc1nccc(-c2cc(O)c(C(=O)Nc3nc4c(Cl)cccc4s3)s2)n1. The number of hydrogen-bond acceptors (Lipinski definition) is 8. The van der Waals surface area contributed by atoms with Crippen LogP contribution in [-0.4, -0.2) is 33.0 Å². The molecule has 0 aliphatic carbocycles. The molecule has 7 nitrogen and oxygen atoms in total. The van der Waals surface area contributed by atoms with Crippen molar-refractivity contribution in [1.82, 2.24) is 15.0 Å². The average molecular weight is 418 g/mol. The largest absolute Gasteiger partial charge is 0.506 e. The minimum atomic E-state index is -0.443. The van der Waals surface area contributed by atoms with E-state index in [2.05, 4.69) is 25.6 Å². The van der Waals surface area contributed by atoms with Crippen LogP contribution in [0.4, 0.5) is 11.1 Å². The van der Waals surface area contributed by atoms with Gasteiger partial charge in [-0.05, 0) is 18.2 Å². The monoisotopic (exact) mass is 417 g/mol. The van der Waals surface area contributed by atoms with Crippen molar-refractivity contribution in [1.29, 1.82) is 0 Å². The van der Waals surface area contributed by atoms with Gasteiger partial charge < -0.3 is 10.4 Å². The van der Waals surface area contributed by atoms with Gasteiger partial charge in [-0.15, -0.1) is 11.3 Å². The number of amides is 1. The van der Waals surface area contributed by atoms with Gasteiger partial charge in [-0.2, -0.15) is 0 Å². The number of benzene rings is 1. The molecule has 0 aliphatic heterocycles. The molecule has 10 heteroatoms. The lowest BCUT2D eigenvalue weighted by molar-refractivity contribution is 0.102. The predicted octanol–water partition coefficient (Wildman–Crippen LogP) is 4.47. The van der Waals surface area contributed by atoms with E-state index in [-0.39, 0.29) is 10.6 Å². The summed E-state index contributed by atoms with van der Waals surface area (Å²) in [6.45, 7) is 0. The van der Waals surface area contributed by atoms with Crippen LogP contribution in [0.1, 0.15) is 9.67 Å². The van der Waals surface area contributed by atoms with Crippen LogP contribution in [0.5, 0.6) is 5.75 Å². The van der Waals surface area contributed by atoms with E-state index in [1.165, 1.54) is 17.4 Å². The maximum Gasteiger partial charge on any atom is 0.271 e. The predicted molar refractivity (Wildman–Crippen MR) is 109 cm³/mol. The first-order valence-corrected chi connectivity index (χ1v) is 9.76. The molecule has 0 saturated heterocycles. The third kappa shape index (κ3) is 3.44. The Morgan fingerprint density at radius 3 is 2.85 bits per heavy atom. The molecule has 0 unspecified atom stereocenters. The number of para-hydroxylation sites is 1. The van der Waals surface area contributed by atoms with E-state index in [1.54, 1.807) is 25.4 Å². The van der Waals surface area contributed by atoms with Crippen molar-refractivity contribution in [2.24, 2.45) is 0 Å². The smallest absolute Gasteiger partial charge is 0.271 e. The molecule has 1 amide bonds. The average Bonchev–Trinajstić information content (AvgIpc) is 3.26. The van der Waals surface area contributed by atoms with Gasteiger partial charge >= 0.3 is 0 Å². The second kappa shape index (κ2) is 7.10. The molecule has 0 fully saturated rings. The first-order chi connectivity index (χ1) is 13.0. The molecule has 0 radical (unpaired) electrons. The highest BCUT2D eigenvalue weighted by molar-refractivity contribution is 7.22. The van der Waals surface area contributed by atoms with Crippen LogP contribution in [0.15, 0.2) is 36.5 Å². The summed E-state index contributed by atoms with van der Waals surface area (Å²) in [4.78, 5) is 26.1. The molecule has 3 aromatic heterocycles. The van der Waals surface area contributed by atoms with Crippen LogP contribution < -0.4 is 10.6 Å². The fraction of sp³-hybridized carbons (Fsp3) is 0.0588. The molecule has 27 heavy (non-hydrogen) atoms. The summed E-state index contributed by atoms with van der Waals surface area (Å²) in [7, 11) is 1.72. The Morgan fingerprint density at radius 1 is 1.22 bits per heavy atom. The third-order valence-corrected chi connectivity index (χ3v) is 6.03. The van der Waals surface area contributed by atoms with Crippen LogP contribution in [0, 0.1) is 0 Å². The Bertz CT molecular complexity index is 1160. The summed E-state index contributed by atoms with van der Waals surface area (Å²) in [6.07, 6.45) is 1.61. The Balaban J connectivity index is 1.61. The van der Waals surface area contributed by atoms with E-state index in [0.717, 1.165) is 16.0 Å². The highest BCUT2D eigenvalue weighted by Crippen LogP contribution is 2.36. The number of fused-ring (bicyclic) bond motifs is 1. The maximum absolute atomic E-state index is 12.6. The summed E-state index contributed by atoms with van der Waals surface area (Å²) in [6, 6.07) is 8.67. The second-order valence-electron chi connectivity index (χ2n) is 5.40. The number of carbonyl (C=O) groups is 1. The van der Waals surface area contributed by atoms with Gasteiger partial charge in [-0.25, -0.2) is 15.0 Å². The number of rotatable bonds is 4. The number of hydrogen-bond donors (Lipinski definition) is 3. The second-order valence-corrected chi connectivity index (χ2v) is 7.89. The molecule has 0 saturated carbocycles. The molecular formula is C17H12ClN5O2S2. The Morgan fingerprint density at radius 2 is 2.07 bits per heavy atom. The fourth-order valence-electron chi connectivity index (χ4n) is 2.41. The topological polar surface area (TPSA) is 100 Å². The quantitative estimate of drug-likeness (QED) is 0.453. The Hall–Kier alpha value is -2.75. The normalized spacial score (nSPS) is 10.9. The van der Waals surface area contributed by atoms with Crippen molar-refractivity contribution >= 4 is 61.5 Å². The van der Waals surface area contributed by atoms with Gasteiger partial charge in [0, 0.05) is 19.3 Å². The fourth-order valence-corrected chi connectivity index (χ4v) is 4.49. The first-order valence-electron chi connectivity index (χ1n) is 7.75. The molecule has 3 heterocycles. The van der Waals surface area contributed by atoms with Crippen molar-refractivity contribution < 1.29 is 9.90 Å². The molecule has 0 bridgehead atoms. The zero-order valence-corrected chi connectivity index (χ0v) is 16.2. The van der Waals surface area contributed by atoms with E-state index in [4.69, 9.17) is 11.6 Å². The van der Waals surface area contributed by atoms with Gasteiger partial charge in [0.15, 0.2) is 5.13 Å². The van der Waals surface area contributed by atoms with Gasteiger partial charge in [0.05, 0.1) is 20.3 Å². The molecular weight excluding hydrogens is 406 g/mol. The number of anilines is 2. The number of thiophene rings is 1. The Labute approximate surface area is 166 Å². The van der Waals surface area contributed by atoms with Crippen molar-refractivity contribution in [2.75, 3.05) is 17.7 Å². The van der Waals surface area contributed by atoms with Crippen molar-refractivity contribution in [3.63, 3.8) is 0 Å². The van der Waals surface area contributed by atoms with Gasteiger partial charge in [0.2, 0.25) is 5.95 Å². The van der Waals surface area contributed by atoms with Crippen LogP contribution in [-0.2, 0) is 0 Å². The molecule has 0 aliphatic rings. The van der Waals surface area contributed by atoms with Gasteiger partial charge in [-0.1, -0.05) is 29.0 Å². The first kappa shape index (κ1) is 17.7. The standard InChI is InChI=1S/C17H12ClN5O2S2/c1-19-16-20-6-5-9(21-16)12-7-10(24)14(26-12)15(25)23-17-22-13-8(18)3-2-4-11(13)27-17/h2-7,24H,1H3,(H,19,20,21)(H,22,23,25). The number of nitrogens with zero attached hydrogens (tertiary/aromatic N) is 3. The van der Waals surface area contributed by atoms with Crippen molar-refractivity contribution in [2.45, 2.75) is 0 Å². The molecule has 1 aromatic carbocycles. The molecule has 4 rings (SSSR count). The number of thiazole rings is 1. The lowest BCUT2D eigenvalue weighted by atomic mass is 10.3. The molecule has 3 N–H and O–H groups in total. The lowest BCUT2D eigenvalue weighted by Gasteiger charge is -2.00. The van der Waals surface area contributed by atoms with Crippen LogP contribution in [0.3, 0.4) is 0 Å². The minimum Gasteiger partial charge on any atom is -0.506 e. The molecule has 0 atom stereocenters. The van der Waals surface area contributed by atoms with E-state index in [0.29, 0.717) is 32.2 Å². The van der Waals surface area contributed by atoms with Crippen molar-refractivity contribution in [3.8, 4) is 16.3 Å². The molecule has 136 valence electrons. The molecule has 0 spiro atoms. The zero-order valence-electron chi connectivity index (χ0n) is 13.9. The number of carbonyl (C=O) groups excluding carboxylic acids is 1. The Kier molecular flexibility index (Phi) is 4.65. The van der Waals surface area contributed by atoms with Crippen LogP contribution >= 0.6 is 34.3 Å². The number of aromatic nitrogens is 3. The summed E-state index contributed by atoms with van der Waals surface area (Å²) >= 11 is 8.58. The van der Waals surface area contributed by atoms with Crippen LogP contribution in [0.2, 0.25) is 5.02 Å². The van der Waals surface area contributed by atoms with Gasteiger partial charge in [-0.3, -0.25) is 10.1 Å². The number of aromatic hydroxyl groups is 1. The highest BCUT2D eigenvalue weighted by Gasteiger charge is 2.19. The van der Waals surface area contributed by atoms with Gasteiger partial charge in [0.1, 0.15) is 16.1 Å². The summed E-state index contributed by atoms with van der Waals surface area (Å²) in [5, 5.41) is 16.7. The summed E-state index contributed by atoms with van der Waals surface area (Å²) in [5.41, 5.74) is 1.25. The lowest BCUT2D eigenvalue weighted by Crippen LogP contribution is -2.09. The van der Waals surface area contributed by atoms with Crippen molar-refractivity contribution in [3.05, 3.63) is 46.4 Å². The number of halogens is 1. The highest BCUT2D eigenvalue weighted by atomic mass is 35.5. The van der Waals surface area contributed by atoms with E-state index in [1.807, 2.05) is 12.1 Å². The van der Waals surface area contributed by atoms with Crippen LogP contribution in [0.25, 0.3) is 20.8 Å². The summed E-state index contributed by atoms with van der Waals surface area (Å²) < 4.78 is 0.870. The van der Waals surface area contributed by atoms with Gasteiger partial charge in [0.25, 0.3) is 5.91 Å².